The minimum atomic E-state index is -0.909. The van der Waals surface area contributed by atoms with Crippen LogP contribution in [0.1, 0.15) is 13.8 Å². The van der Waals surface area contributed by atoms with Crippen LogP contribution in [0.5, 0.6) is 0 Å². The van der Waals surface area contributed by atoms with Crippen LogP contribution in [0.4, 0.5) is 4.79 Å². The lowest BCUT2D eigenvalue weighted by Crippen LogP contribution is -2.35. The van der Waals surface area contributed by atoms with Crippen LogP contribution in [-0.4, -0.2) is 43.9 Å². The molecule has 7 heteroatoms. The van der Waals surface area contributed by atoms with Crippen LogP contribution in [0.25, 0.3) is 0 Å². The Morgan fingerprint density at radius 2 is 1.85 bits per heavy atom. The van der Waals surface area contributed by atoms with Gasteiger partial charge in [-0.15, -0.1) is 0 Å². The van der Waals surface area contributed by atoms with Gasteiger partial charge in [0.25, 0.3) is 0 Å². The highest BCUT2D eigenvalue weighted by Crippen LogP contribution is 2.00. The molecule has 1 amide bonds. The Bertz CT molecular complexity index is 390. The molecule has 0 aromatic heterocycles. The van der Waals surface area contributed by atoms with Crippen molar-refractivity contribution < 1.29 is 28.6 Å². The smallest absolute Gasteiger partial charge is 0.407 e. The van der Waals surface area contributed by atoms with Crippen molar-refractivity contribution in [1.29, 1.82) is 0 Å². The Hall–Kier alpha value is -2.31. The van der Waals surface area contributed by atoms with E-state index in [4.69, 9.17) is 14.2 Å². The number of rotatable bonds is 8. The first kappa shape index (κ1) is 17.7. The summed E-state index contributed by atoms with van der Waals surface area (Å²) < 4.78 is 14.5. The second-order valence-corrected chi connectivity index (χ2v) is 3.77. The summed E-state index contributed by atoms with van der Waals surface area (Å²) in [5.74, 6) is -1.29. The number of nitrogens with one attached hydrogen (secondary N) is 1. The van der Waals surface area contributed by atoms with Crippen molar-refractivity contribution in [3.05, 3.63) is 24.8 Å². The highest BCUT2D eigenvalue weighted by molar-refractivity contribution is 5.87. The van der Waals surface area contributed by atoms with E-state index in [0.29, 0.717) is 6.54 Å². The highest BCUT2D eigenvalue weighted by atomic mass is 16.6. The van der Waals surface area contributed by atoms with Crippen LogP contribution in [-0.2, 0) is 23.8 Å². The average molecular weight is 285 g/mol. The molecule has 0 aliphatic heterocycles. The molecular weight excluding hydrogens is 266 g/mol. The van der Waals surface area contributed by atoms with Gasteiger partial charge >= 0.3 is 18.0 Å². The number of ether oxygens (including phenoxy) is 3. The Morgan fingerprint density at radius 1 is 1.25 bits per heavy atom. The maximum atomic E-state index is 11.3. The van der Waals surface area contributed by atoms with Crippen molar-refractivity contribution in [2.75, 3.05) is 19.8 Å². The Morgan fingerprint density at radius 3 is 2.35 bits per heavy atom. The first-order chi connectivity index (χ1) is 9.40. The summed E-state index contributed by atoms with van der Waals surface area (Å²) in [5.41, 5.74) is 0.213. The van der Waals surface area contributed by atoms with Gasteiger partial charge < -0.3 is 19.5 Å². The molecule has 0 saturated carbocycles. The van der Waals surface area contributed by atoms with Gasteiger partial charge in [-0.25, -0.2) is 14.4 Å². The first-order valence-electron chi connectivity index (χ1n) is 5.97. The van der Waals surface area contributed by atoms with Gasteiger partial charge in [-0.1, -0.05) is 13.2 Å². The van der Waals surface area contributed by atoms with E-state index >= 15 is 0 Å². The third-order valence-electron chi connectivity index (χ3n) is 1.92. The summed E-state index contributed by atoms with van der Waals surface area (Å²) in [5, 5.41) is 2.41. The molecular formula is C13H19NO6. The van der Waals surface area contributed by atoms with Gasteiger partial charge in [0.2, 0.25) is 0 Å². The maximum Gasteiger partial charge on any atom is 0.407 e. The molecule has 7 nitrogen and oxygen atoms in total. The Labute approximate surface area is 117 Å². The minimum absolute atomic E-state index is 0.213. The SMILES string of the molecule is C=CC(=O)OCC(COC(=O)C(=C)C)OC(=O)NCC. The van der Waals surface area contributed by atoms with Gasteiger partial charge in [0.1, 0.15) is 13.2 Å². The quantitative estimate of drug-likeness (QED) is 0.405. The second kappa shape index (κ2) is 9.60. The molecule has 0 bridgehead atoms. The minimum Gasteiger partial charge on any atom is -0.458 e. The lowest BCUT2D eigenvalue weighted by Gasteiger charge is -2.17. The lowest BCUT2D eigenvalue weighted by atomic mass is 10.3. The predicted octanol–water partition coefficient (Wildman–Crippen LogP) is 0.950. The van der Waals surface area contributed by atoms with Crippen LogP contribution >= 0.6 is 0 Å². The van der Waals surface area contributed by atoms with E-state index in [-0.39, 0.29) is 18.8 Å². The van der Waals surface area contributed by atoms with Crippen LogP contribution in [0.15, 0.2) is 24.8 Å². The normalized spacial score (nSPS) is 10.9. The number of hydrogen-bond donors (Lipinski definition) is 1. The van der Waals surface area contributed by atoms with Crippen LogP contribution < -0.4 is 5.32 Å². The molecule has 0 aliphatic rings. The Kier molecular flexibility index (Phi) is 8.49. The van der Waals surface area contributed by atoms with Gasteiger partial charge in [-0.3, -0.25) is 0 Å². The van der Waals surface area contributed by atoms with Crippen molar-refractivity contribution in [2.24, 2.45) is 0 Å². The average Bonchev–Trinajstić information content (AvgIpc) is 2.40. The van der Waals surface area contributed by atoms with Crippen LogP contribution in [0, 0.1) is 0 Å². The number of esters is 2. The molecule has 0 aromatic carbocycles. The van der Waals surface area contributed by atoms with Gasteiger partial charge in [0.15, 0.2) is 6.10 Å². The van der Waals surface area contributed by atoms with E-state index < -0.39 is 24.1 Å². The summed E-state index contributed by atoms with van der Waals surface area (Å²) in [4.78, 5) is 33.5. The van der Waals surface area contributed by atoms with E-state index in [1.165, 1.54) is 6.92 Å². The van der Waals surface area contributed by atoms with Crippen LogP contribution in [0.3, 0.4) is 0 Å². The topological polar surface area (TPSA) is 90.9 Å². The van der Waals surface area contributed by atoms with Gasteiger partial charge in [-0.05, 0) is 13.8 Å². The van der Waals surface area contributed by atoms with E-state index in [0.717, 1.165) is 6.08 Å². The molecule has 0 aliphatic carbocycles. The summed E-state index contributed by atoms with van der Waals surface area (Å²) in [6.07, 6.45) is -0.629. The van der Waals surface area contributed by atoms with Gasteiger partial charge in [0.05, 0.1) is 0 Å². The van der Waals surface area contributed by atoms with Gasteiger partial charge in [0, 0.05) is 18.2 Å². The highest BCUT2D eigenvalue weighted by Gasteiger charge is 2.18. The van der Waals surface area contributed by atoms with Crippen molar-refractivity contribution in [1.82, 2.24) is 5.32 Å². The summed E-state index contributed by atoms with van der Waals surface area (Å²) in [6.45, 7) is 9.75. The number of carbonyl (C=O) groups is 3. The van der Waals surface area contributed by atoms with E-state index in [2.05, 4.69) is 18.5 Å². The first-order valence-corrected chi connectivity index (χ1v) is 5.97. The molecule has 20 heavy (non-hydrogen) atoms. The molecule has 1 unspecified atom stereocenters. The monoisotopic (exact) mass is 285 g/mol. The van der Waals surface area contributed by atoms with E-state index in [9.17, 15) is 14.4 Å². The fourth-order valence-electron chi connectivity index (χ4n) is 0.979. The number of alkyl carbamates (subject to hydrolysis) is 1. The number of carbonyl (C=O) groups excluding carboxylic acids is 3. The van der Waals surface area contributed by atoms with E-state index in [1.807, 2.05) is 0 Å². The molecule has 0 aromatic rings. The third kappa shape index (κ3) is 7.91. The van der Waals surface area contributed by atoms with E-state index in [1.54, 1.807) is 6.92 Å². The van der Waals surface area contributed by atoms with Crippen molar-refractivity contribution >= 4 is 18.0 Å². The zero-order valence-corrected chi connectivity index (χ0v) is 11.6. The molecule has 112 valence electrons. The Balaban J connectivity index is 4.40. The zero-order chi connectivity index (χ0) is 15.5. The standard InChI is InChI=1S/C13H19NO6/c1-5-11(15)18-7-10(20-13(17)14-6-2)8-19-12(16)9(3)4/h5,10H,1,3,6-8H2,2,4H3,(H,14,17). The van der Waals surface area contributed by atoms with Crippen LogP contribution in [0.2, 0.25) is 0 Å². The van der Waals surface area contributed by atoms with Gasteiger partial charge in [-0.2, -0.15) is 0 Å². The maximum absolute atomic E-state index is 11.3. The molecule has 0 rings (SSSR count). The predicted molar refractivity (Wildman–Crippen MR) is 70.9 cm³/mol. The molecule has 0 spiro atoms. The van der Waals surface area contributed by atoms with Crippen molar-refractivity contribution in [2.45, 2.75) is 20.0 Å². The fourth-order valence-corrected chi connectivity index (χ4v) is 0.979. The molecule has 1 N–H and O–H groups in total. The number of amides is 1. The largest absolute Gasteiger partial charge is 0.458 e. The molecule has 0 heterocycles. The summed E-state index contributed by atoms with van der Waals surface area (Å²) in [7, 11) is 0. The lowest BCUT2D eigenvalue weighted by molar-refractivity contribution is -0.147. The molecule has 1 atom stereocenters. The molecule has 0 radical (unpaired) electrons. The summed E-state index contributed by atoms with van der Waals surface area (Å²) >= 11 is 0. The van der Waals surface area contributed by atoms with Crippen molar-refractivity contribution in [3.63, 3.8) is 0 Å². The molecule has 0 saturated heterocycles. The summed E-state index contributed by atoms with van der Waals surface area (Å²) in [6, 6.07) is 0. The van der Waals surface area contributed by atoms with Crippen molar-refractivity contribution in [3.8, 4) is 0 Å². The zero-order valence-electron chi connectivity index (χ0n) is 11.6. The fraction of sp³-hybridized carbons (Fsp3) is 0.462. The second-order valence-electron chi connectivity index (χ2n) is 3.77. The number of hydrogen-bond acceptors (Lipinski definition) is 6. The third-order valence-corrected chi connectivity index (χ3v) is 1.92. The molecule has 0 fully saturated rings.